The summed E-state index contributed by atoms with van der Waals surface area (Å²) in [5.41, 5.74) is 2.32. The summed E-state index contributed by atoms with van der Waals surface area (Å²) in [4.78, 5) is 33.7. The van der Waals surface area contributed by atoms with E-state index in [4.69, 9.17) is 0 Å². The molecule has 0 spiro atoms. The molecule has 0 radical (unpaired) electrons. The second kappa shape index (κ2) is 7.93. The lowest BCUT2D eigenvalue weighted by Crippen LogP contribution is -2.30. The summed E-state index contributed by atoms with van der Waals surface area (Å²) in [5, 5.41) is 3.80. The summed E-state index contributed by atoms with van der Waals surface area (Å²) in [6, 6.07) is 13.1. The molecule has 6 heteroatoms. The molecule has 26 heavy (non-hydrogen) atoms. The molecule has 2 aromatic heterocycles. The van der Waals surface area contributed by atoms with E-state index in [9.17, 15) is 9.59 Å². The van der Waals surface area contributed by atoms with Crippen LogP contribution in [0.3, 0.4) is 0 Å². The number of para-hydroxylation sites is 1. The molecule has 134 valence electrons. The van der Waals surface area contributed by atoms with E-state index < -0.39 is 5.91 Å². The maximum absolute atomic E-state index is 12.3. The van der Waals surface area contributed by atoms with Crippen molar-refractivity contribution < 1.29 is 4.79 Å². The first kappa shape index (κ1) is 17.8. The molecule has 0 saturated carbocycles. The van der Waals surface area contributed by atoms with Gasteiger partial charge in [-0.05, 0) is 43.4 Å². The van der Waals surface area contributed by atoms with Crippen LogP contribution in [0.5, 0.6) is 0 Å². The minimum absolute atomic E-state index is 0.113. The van der Waals surface area contributed by atoms with Crippen molar-refractivity contribution in [1.82, 2.24) is 20.2 Å². The highest BCUT2D eigenvalue weighted by atomic mass is 16.2. The van der Waals surface area contributed by atoms with Crippen LogP contribution in [0.1, 0.15) is 28.5 Å². The fourth-order valence-electron chi connectivity index (χ4n) is 2.68. The maximum atomic E-state index is 12.3. The van der Waals surface area contributed by atoms with Crippen LogP contribution in [0.25, 0.3) is 10.9 Å². The van der Waals surface area contributed by atoms with Gasteiger partial charge in [0.05, 0.1) is 5.52 Å². The number of carbonyl (C=O) groups excluding carboxylic acids is 1. The van der Waals surface area contributed by atoms with Gasteiger partial charge in [-0.2, -0.15) is 0 Å². The Morgan fingerprint density at radius 3 is 2.81 bits per heavy atom. The van der Waals surface area contributed by atoms with Gasteiger partial charge in [-0.15, -0.1) is 0 Å². The monoisotopic (exact) mass is 350 g/mol. The number of nitrogens with zero attached hydrogens (tertiary/aromatic N) is 2. The molecule has 6 nitrogen and oxygen atoms in total. The molecule has 0 aliphatic heterocycles. The largest absolute Gasteiger partial charge is 0.348 e. The standard InChI is InChI=1S/C20H22N4O2/c1-3-24(2)13-16-8-9-17(20(26)23-16)19(25)22-12-14-10-15-6-4-5-7-18(15)21-11-14/h4-11H,3,12-13H2,1-2H3,(H,22,25)(H,23,26). The van der Waals surface area contributed by atoms with Crippen molar-refractivity contribution in [2.45, 2.75) is 20.0 Å². The number of aromatic amines is 1. The molecule has 0 aliphatic rings. The predicted molar refractivity (Wildman–Crippen MR) is 102 cm³/mol. The predicted octanol–water partition coefficient (Wildman–Crippen LogP) is 2.30. The normalized spacial score (nSPS) is 11.0. The Bertz CT molecular complexity index is 981. The van der Waals surface area contributed by atoms with Gasteiger partial charge in [0.25, 0.3) is 11.5 Å². The van der Waals surface area contributed by atoms with E-state index in [0.29, 0.717) is 13.1 Å². The number of pyridine rings is 2. The summed E-state index contributed by atoms with van der Waals surface area (Å²) >= 11 is 0. The molecule has 2 N–H and O–H groups in total. The molecule has 0 aliphatic carbocycles. The van der Waals surface area contributed by atoms with Gasteiger partial charge in [0.2, 0.25) is 0 Å². The highest BCUT2D eigenvalue weighted by molar-refractivity contribution is 5.93. The topological polar surface area (TPSA) is 78.1 Å². The third kappa shape index (κ3) is 4.15. The third-order valence-corrected chi connectivity index (χ3v) is 4.29. The number of fused-ring (bicyclic) bond motifs is 1. The molecule has 0 saturated heterocycles. The quantitative estimate of drug-likeness (QED) is 0.715. The third-order valence-electron chi connectivity index (χ3n) is 4.29. The molecule has 0 fully saturated rings. The smallest absolute Gasteiger partial charge is 0.261 e. The van der Waals surface area contributed by atoms with Gasteiger partial charge in [0, 0.05) is 30.4 Å². The van der Waals surface area contributed by atoms with E-state index in [2.05, 4.69) is 20.2 Å². The van der Waals surface area contributed by atoms with Gasteiger partial charge >= 0.3 is 0 Å². The zero-order valence-corrected chi connectivity index (χ0v) is 15.0. The number of aromatic nitrogens is 2. The maximum Gasteiger partial charge on any atom is 0.261 e. The minimum Gasteiger partial charge on any atom is -0.348 e. The molecule has 0 unspecified atom stereocenters. The summed E-state index contributed by atoms with van der Waals surface area (Å²) < 4.78 is 0. The molecular weight excluding hydrogens is 328 g/mol. The van der Waals surface area contributed by atoms with E-state index in [1.54, 1.807) is 18.3 Å². The van der Waals surface area contributed by atoms with E-state index in [1.165, 1.54) is 0 Å². The Morgan fingerprint density at radius 1 is 1.23 bits per heavy atom. The fourth-order valence-corrected chi connectivity index (χ4v) is 2.68. The molecular formula is C20H22N4O2. The molecule has 0 bridgehead atoms. The molecule has 2 heterocycles. The SMILES string of the molecule is CCN(C)Cc1ccc(C(=O)NCc2cnc3ccccc3c2)c(=O)[nH]1. The summed E-state index contributed by atoms with van der Waals surface area (Å²) in [6.45, 7) is 3.87. The first-order valence-corrected chi connectivity index (χ1v) is 8.59. The number of rotatable bonds is 6. The Labute approximate surface area is 151 Å². The molecule has 3 aromatic rings. The van der Waals surface area contributed by atoms with Crippen LogP contribution in [0.2, 0.25) is 0 Å². The highest BCUT2D eigenvalue weighted by Gasteiger charge is 2.11. The first-order chi connectivity index (χ1) is 12.6. The summed E-state index contributed by atoms with van der Waals surface area (Å²) in [6.07, 6.45) is 1.73. The number of hydrogen-bond acceptors (Lipinski definition) is 4. The average Bonchev–Trinajstić information content (AvgIpc) is 2.66. The lowest BCUT2D eigenvalue weighted by Gasteiger charge is -2.13. The van der Waals surface area contributed by atoms with Crippen molar-refractivity contribution in [2.75, 3.05) is 13.6 Å². The number of amides is 1. The van der Waals surface area contributed by atoms with E-state index in [0.717, 1.165) is 28.7 Å². The molecule has 1 aromatic carbocycles. The van der Waals surface area contributed by atoms with Gasteiger partial charge in [0.15, 0.2) is 0 Å². The Kier molecular flexibility index (Phi) is 5.43. The van der Waals surface area contributed by atoms with Crippen LogP contribution in [0.4, 0.5) is 0 Å². The van der Waals surface area contributed by atoms with Gasteiger partial charge < -0.3 is 15.2 Å². The number of benzene rings is 1. The first-order valence-electron chi connectivity index (χ1n) is 8.59. The molecule has 1 amide bonds. The second-order valence-electron chi connectivity index (χ2n) is 6.28. The van der Waals surface area contributed by atoms with Gasteiger partial charge in [0.1, 0.15) is 5.56 Å². The van der Waals surface area contributed by atoms with Crippen molar-refractivity contribution in [3.63, 3.8) is 0 Å². The van der Waals surface area contributed by atoms with E-state index >= 15 is 0 Å². The molecule has 3 rings (SSSR count). The number of H-pyrrole nitrogens is 1. The summed E-state index contributed by atoms with van der Waals surface area (Å²) in [7, 11) is 1.97. The Morgan fingerprint density at radius 2 is 2.04 bits per heavy atom. The minimum atomic E-state index is -0.394. The second-order valence-corrected chi connectivity index (χ2v) is 6.28. The van der Waals surface area contributed by atoms with Crippen LogP contribution >= 0.6 is 0 Å². The van der Waals surface area contributed by atoms with Crippen LogP contribution in [0, 0.1) is 0 Å². The van der Waals surface area contributed by atoms with Crippen molar-refractivity contribution in [2.24, 2.45) is 0 Å². The van der Waals surface area contributed by atoms with Gasteiger partial charge in [-0.25, -0.2) is 0 Å². The van der Waals surface area contributed by atoms with Crippen molar-refractivity contribution >= 4 is 16.8 Å². The fraction of sp³-hybridized carbons (Fsp3) is 0.250. The van der Waals surface area contributed by atoms with Gasteiger partial charge in [-0.1, -0.05) is 25.1 Å². The zero-order chi connectivity index (χ0) is 18.5. The number of hydrogen-bond donors (Lipinski definition) is 2. The van der Waals surface area contributed by atoms with E-state index in [-0.39, 0.29) is 11.1 Å². The van der Waals surface area contributed by atoms with Crippen LogP contribution in [-0.2, 0) is 13.1 Å². The van der Waals surface area contributed by atoms with Crippen molar-refractivity contribution in [3.05, 3.63) is 75.8 Å². The lowest BCUT2D eigenvalue weighted by molar-refractivity contribution is 0.0949. The summed E-state index contributed by atoms with van der Waals surface area (Å²) in [5.74, 6) is -0.394. The van der Waals surface area contributed by atoms with Crippen LogP contribution < -0.4 is 10.9 Å². The number of carbonyl (C=O) groups is 1. The van der Waals surface area contributed by atoms with E-state index in [1.807, 2.05) is 44.3 Å². The highest BCUT2D eigenvalue weighted by Crippen LogP contribution is 2.12. The Hall–Kier alpha value is -2.99. The average molecular weight is 350 g/mol. The van der Waals surface area contributed by atoms with Crippen LogP contribution in [-0.4, -0.2) is 34.4 Å². The van der Waals surface area contributed by atoms with Crippen molar-refractivity contribution in [3.8, 4) is 0 Å². The molecule has 0 atom stereocenters. The zero-order valence-electron chi connectivity index (χ0n) is 15.0. The van der Waals surface area contributed by atoms with Crippen molar-refractivity contribution in [1.29, 1.82) is 0 Å². The number of nitrogens with one attached hydrogen (secondary N) is 2. The Balaban J connectivity index is 1.68. The van der Waals surface area contributed by atoms with Gasteiger partial charge in [-0.3, -0.25) is 14.6 Å². The van der Waals surface area contributed by atoms with Crippen LogP contribution in [0.15, 0.2) is 53.5 Å². The lowest BCUT2D eigenvalue weighted by atomic mass is 10.1.